The number of aromatic nitrogens is 3. The Hall–Kier alpha value is -3.71. The van der Waals surface area contributed by atoms with E-state index >= 15 is 0 Å². The summed E-state index contributed by atoms with van der Waals surface area (Å²) in [4.78, 5) is 15.5. The van der Waals surface area contributed by atoms with Crippen LogP contribution < -0.4 is 15.0 Å². The van der Waals surface area contributed by atoms with Crippen LogP contribution in [0, 0.1) is 5.82 Å². The van der Waals surface area contributed by atoms with Crippen LogP contribution in [0.2, 0.25) is 5.02 Å². The molecule has 0 atom stereocenters. The molecule has 1 aromatic heterocycles. The number of ether oxygens (including phenoxy) is 1. The Morgan fingerprint density at radius 1 is 0.875 bits per heavy atom. The minimum atomic E-state index is -0.407. The van der Waals surface area contributed by atoms with E-state index in [0.29, 0.717) is 23.3 Å². The first-order valence-electron chi connectivity index (χ1n) is 10.2. The molecule has 5 rings (SSSR count). The summed E-state index contributed by atoms with van der Waals surface area (Å²) in [6.07, 6.45) is 0.874. The molecule has 160 valence electrons. The Labute approximate surface area is 189 Å². The zero-order valence-corrected chi connectivity index (χ0v) is 17.8. The predicted octanol–water partition coefficient (Wildman–Crippen LogP) is 5.76. The first-order valence-corrected chi connectivity index (χ1v) is 10.6. The van der Waals surface area contributed by atoms with Gasteiger partial charge in [-0.3, -0.25) is 0 Å². The van der Waals surface area contributed by atoms with E-state index in [-0.39, 0.29) is 17.6 Å². The molecule has 1 N–H and O–H groups in total. The van der Waals surface area contributed by atoms with Crippen LogP contribution in [0.25, 0.3) is 0 Å². The lowest BCUT2D eigenvalue weighted by Crippen LogP contribution is -2.32. The number of hydrogen-bond acceptors (Lipinski definition) is 6. The van der Waals surface area contributed by atoms with E-state index in [1.54, 1.807) is 30.3 Å². The van der Waals surface area contributed by atoms with Gasteiger partial charge in [0.25, 0.3) is 0 Å². The first-order chi connectivity index (χ1) is 15.7. The Kier molecular flexibility index (Phi) is 5.56. The molecule has 32 heavy (non-hydrogen) atoms. The fraction of sp³-hybridized carbons (Fsp3) is 0.125. The summed E-state index contributed by atoms with van der Waals surface area (Å²) >= 11 is 6.24. The minimum absolute atomic E-state index is 0.0702. The summed E-state index contributed by atoms with van der Waals surface area (Å²) in [5.74, 6) is 0.637. The van der Waals surface area contributed by atoms with Crippen LogP contribution in [-0.4, -0.2) is 21.5 Å². The molecule has 0 spiro atoms. The van der Waals surface area contributed by atoms with E-state index in [4.69, 9.17) is 16.3 Å². The molecule has 0 bridgehead atoms. The maximum absolute atomic E-state index is 14.2. The molecule has 4 aromatic rings. The van der Waals surface area contributed by atoms with Gasteiger partial charge in [0, 0.05) is 13.1 Å². The Morgan fingerprint density at radius 3 is 2.47 bits per heavy atom. The number of hydrogen-bond donors (Lipinski definition) is 1. The molecule has 0 fully saturated rings. The van der Waals surface area contributed by atoms with Crippen molar-refractivity contribution in [2.24, 2.45) is 0 Å². The van der Waals surface area contributed by atoms with Gasteiger partial charge in [-0.15, -0.1) is 0 Å². The van der Waals surface area contributed by atoms with Gasteiger partial charge in [-0.05, 0) is 41.8 Å². The number of rotatable bonds is 5. The second kappa shape index (κ2) is 8.80. The van der Waals surface area contributed by atoms with Crippen molar-refractivity contribution in [3.63, 3.8) is 0 Å². The van der Waals surface area contributed by atoms with Gasteiger partial charge < -0.3 is 15.0 Å². The summed E-state index contributed by atoms with van der Waals surface area (Å²) in [6.45, 7) is 1.40. The van der Waals surface area contributed by atoms with Crippen molar-refractivity contribution in [2.75, 3.05) is 16.8 Å². The lowest BCUT2D eigenvalue weighted by atomic mass is 10.0. The zero-order chi connectivity index (χ0) is 21.9. The van der Waals surface area contributed by atoms with Crippen LogP contribution in [0.15, 0.2) is 72.8 Å². The largest absolute Gasteiger partial charge is 0.423 e. The standard InChI is InChI=1S/C24H19ClFN5O/c25-18-9-3-6-12-21(18)32-24-29-22(27-20-11-5-4-10-19(20)26)28-23(30-24)31-14-13-16-7-1-2-8-17(16)15-31/h1-12H,13-15H2,(H,27,28,29,30). The Balaban J connectivity index is 1.50. The molecule has 6 nitrogen and oxygen atoms in total. The fourth-order valence-electron chi connectivity index (χ4n) is 3.56. The van der Waals surface area contributed by atoms with Gasteiger partial charge in [0.05, 0.1) is 10.7 Å². The molecule has 0 aliphatic carbocycles. The smallest absolute Gasteiger partial charge is 0.328 e. The molecule has 2 heterocycles. The summed E-state index contributed by atoms with van der Waals surface area (Å²) in [5, 5.41) is 3.37. The average Bonchev–Trinajstić information content (AvgIpc) is 2.82. The number of para-hydroxylation sites is 2. The lowest BCUT2D eigenvalue weighted by Gasteiger charge is -2.29. The minimum Gasteiger partial charge on any atom is -0.423 e. The topological polar surface area (TPSA) is 63.2 Å². The summed E-state index contributed by atoms with van der Waals surface area (Å²) in [7, 11) is 0. The van der Waals surface area contributed by atoms with Gasteiger partial charge in [-0.1, -0.05) is 60.1 Å². The van der Waals surface area contributed by atoms with Gasteiger partial charge in [0.1, 0.15) is 11.6 Å². The van der Waals surface area contributed by atoms with Gasteiger partial charge in [0.2, 0.25) is 11.9 Å². The third-order valence-electron chi connectivity index (χ3n) is 5.17. The fourth-order valence-corrected chi connectivity index (χ4v) is 3.74. The molecule has 1 aliphatic heterocycles. The van der Waals surface area contributed by atoms with Crippen molar-refractivity contribution in [2.45, 2.75) is 13.0 Å². The molecule has 0 radical (unpaired) electrons. The van der Waals surface area contributed by atoms with E-state index in [2.05, 4.69) is 37.3 Å². The maximum Gasteiger partial charge on any atom is 0.328 e. The molecule has 0 unspecified atom stereocenters. The number of nitrogens with zero attached hydrogens (tertiary/aromatic N) is 4. The molecular formula is C24H19ClFN5O. The van der Waals surface area contributed by atoms with Crippen LogP contribution in [0.5, 0.6) is 11.8 Å². The molecule has 0 saturated carbocycles. The van der Waals surface area contributed by atoms with Crippen molar-refractivity contribution in [1.82, 2.24) is 15.0 Å². The lowest BCUT2D eigenvalue weighted by molar-refractivity contribution is 0.440. The summed E-state index contributed by atoms with van der Waals surface area (Å²) in [6, 6.07) is 21.8. The van der Waals surface area contributed by atoms with Gasteiger partial charge in [-0.25, -0.2) is 4.39 Å². The number of anilines is 3. The number of nitrogens with one attached hydrogen (secondary N) is 1. The van der Waals surface area contributed by atoms with Crippen molar-refractivity contribution < 1.29 is 9.13 Å². The SMILES string of the molecule is Fc1ccccc1Nc1nc(Oc2ccccc2Cl)nc(N2CCc3ccccc3C2)n1. The van der Waals surface area contributed by atoms with Crippen LogP contribution in [0.3, 0.4) is 0 Å². The monoisotopic (exact) mass is 447 g/mol. The maximum atomic E-state index is 14.2. The Morgan fingerprint density at radius 2 is 1.62 bits per heavy atom. The van der Waals surface area contributed by atoms with E-state index in [1.807, 2.05) is 24.3 Å². The normalized spacial score (nSPS) is 12.9. The number of fused-ring (bicyclic) bond motifs is 1. The predicted molar refractivity (Wildman–Crippen MR) is 122 cm³/mol. The zero-order valence-electron chi connectivity index (χ0n) is 17.0. The highest BCUT2D eigenvalue weighted by molar-refractivity contribution is 6.32. The van der Waals surface area contributed by atoms with Gasteiger partial charge in [-0.2, -0.15) is 15.0 Å². The molecular weight excluding hydrogens is 429 g/mol. The molecule has 3 aromatic carbocycles. The quantitative estimate of drug-likeness (QED) is 0.419. The average molecular weight is 448 g/mol. The molecule has 0 amide bonds. The highest BCUT2D eigenvalue weighted by atomic mass is 35.5. The molecule has 1 aliphatic rings. The molecule has 0 saturated heterocycles. The van der Waals surface area contributed by atoms with Crippen molar-refractivity contribution >= 4 is 29.2 Å². The van der Waals surface area contributed by atoms with Crippen molar-refractivity contribution in [3.05, 3.63) is 94.8 Å². The highest BCUT2D eigenvalue weighted by Gasteiger charge is 2.21. The third kappa shape index (κ3) is 4.33. The van der Waals surface area contributed by atoms with E-state index in [1.165, 1.54) is 17.2 Å². The Bertz CT molecular complexity index is 1200. The molecule has 8 heteroatoms. The van der Waals surface area contributed by atoms with E-state index in [0.717, 1.165) is 13.0 Å². The second-order valence-electron chi connectivity index (χ2n) is 7.32. The van der Waals surface area contributed by atoms with E-state index in [9.17, 15) is 4.39 Å². The van der Waals surface area contributed by atoms with E-state index < -0.39 is 5.82 Å². The van der Waals surface area contributed by atoms with Crippen LogP contribution >= 0.6 is 11.6 Å². The highest BCUT2D eigenvalue weighted by Crippen LogP contribution is 2.30. The van der Waals surface area contributed by atoms with Gasteiger partial charge >= 0.3 is 6.01 Å². The number of benzene rings is 3. The van der Waals surface area contributed by atoms with Crippen LogP contribution in [0.4, 0.5) is 22.0 Å². The summed E-state index contributed by atoms with van der Waals surface area (Å²) in [5.41, 5.74) is 2.80. The van der Waals surface area contributed by atoms with Crippen LogP contribution in [0.1, 0.15) is 11.1 Å². The van der Waals surface area contributed by atoms with Crippen molar-refractivity contribution in [3.8, 4) is 11.8 Å². The third-order valence-corrected chi connectivity index (χ3v) is 5.49. The summed E-state index contributed by atoms with van der Waals surface area (Å²) < 4.78 is 20.1. The second-order valence-corrected chi connectivity index (χ2v) is 7.73. The number of halogens is 2. The van der Waals surface area contributed by atoms with Gasteiger partial charge in [0.15, 0.2) is 0 Å². The first kappa shape index (κ1) is 20.2. The van der Waals surface area contributed by atoms with Crippen LogP contribution in [-0.2, 0) is 13.0 Å². The van der Waals surface area contributed by atoms with Crippen molar-refractivity contribution in [1.29, 1.82) is 0 Å².